The summed E-state index contributed by atoms with van der Waals surface area (Å²) in [4.78, 5) is 77.5. The van der Waals surface area contributed by atoms with Crippen LogP contribution in [0.2, 0.25) is 0 Å². The van der Waals surface area contributed by atoms with Crippen molar-refractivity contribution >= 4 is 56.9 Å². The fourth-order valence-electron chi connectivity index (χ4n) is 7.21. The molecule has 0 bridgehead atoms. The van der Waals surface area contributed by atoms with E-state index in [2.05, 4.69) is 0 Å². The number of carbonyl (C=O) groups excluding carboxylic acids is 2. The summed E-state index contributed by atoms with van der Waals surface area (Å²) in [5.74, 6) is -7.21. The van der Waals surface area contributed by atoms with Crippen molar-refractivity contribution in [1.82, 2.24) is 18.9 Å². The van der Waals surface area contributed by atoms with Crippen molar-refractivity contribution in [2.45, 2.75) is 44.7 Å². The molecule has 8 rings (SSSR count). The molecule has 0 unspecified atom stereocenters. The Morgan fingerprint density at radius 2 is 1.09 bits per heavy atom. The van der Waals surface area contributed by atoms with Gasteiger partial charge in [0.25, 0.3) is 0 Å². The van der Waals surface area contributed by atoms with Crippen LogP contribution in [0.5, 0.6) is 0 Å². The molecule has 2 N–H and O–H groups in total. The fraction of sp³-hybridized carbons (Fsp3) is 0.405. The summed E-state index contributed by atoms with van der Waals surface area (Å²) in [5.41, 5.74) is -3.82. The number of halogens is 4. The normalized spacial score (nSPS) is 17.6. The third-order valence-electron chi connectivity index (χ3n) is 10.5. The van der Waals surface area contributed by atoms with Gasteiger partial charge >= 0.3 is 11.9 Å². The Hall–Kier alpha value is -5.94. The van der Waals surface area contributed by atoms with Crippen LogP contribution in [0.4, 0.5) is 28.9 Å². The number of aromatic carboxylic acids is 2. The lowest BCUT2D eigenvalue weighted by atomic mass is 10.1. The van der Waals surface area contributed by atoms with Crippen LogP contribution in [0.15, 0.2) is 34.1 Å². The maximum absolute atomic E-state index is 15.5. The highest BCUT2D eigenvalue weighted by Gasteiger charge is 2.34. The van der Waals surface area contributed by atoms with Gasteiger partial charge in [-0.05, 0) is 44.7 Å². The number of carbonyl (C=O) groups is 4. The van der Waals surface area contributed by atoms with Gasteiger partial charge in [0.1, 0.15) is 34.1 Å². The first-order valence-corrected chi connectivity index (χ1v) is 17.7. The number of pyridine rings is 2. The van der Waals surface area contributed by atoms with Gasteiger partial charge in [0.2, 0.25) is 22.7 Å². The molecule has 2 aromatic heterocycles. The molecular formula is C37H36F4N6O8. The number of carboxylic acid groups (broad SMARTS) is 2. The van der Waals surface area contributed by atoms with E-state index < -0.39 is 57.2 Å². The van der Waals surface area contributed by atoms with Crippen LogP contribution in [0.3, 0.4) is 0 Å². The number of aromatic nitrogens is 2. The molecule has 55 heavy (non-hydrogen) atoms. The fourth-order valence-corrected chi connectivity index (χ4v) is 7.21. The third-order valence-corrected chi connectivity index (χ3v) is 10.5. The minimum atomic E-state index is -1.44. The first kappa shape index (κ1) is 37.4. The molecule has 4 aliphatic rings. The molecular weight excluding hydrogens is 732 g/mol. The molecule has 2 amide bonds. The average molecular weight is 769 g/mol. The standard InChI is InChI=1S/C19H19F2N3O4.C18H17F2N3O4/c1-2-22-5-6-23(9-14(22)25)17-13(20)7-11-16(15(17)21)24(10-3-4-10)8-12(18(11)26)19(27)28;1-21-4-5-22(8-13(21)24)16-12(19)6-10-15(14(16)20)23(9-2-3-9)7-11(17(10)25)18(26)27/h7-8,10H,2-6,9H2,1H3,(H,27,28);6-7,9H,2-5,8H2,1H3,(H,26,27). The van der Waals surface area contributed by atoms with Crippen molar-refractivity contribution in [3.8, 4) is 0 Å². The summed E-state index contributed by atoms with van der Waals surface area (Å²) in [6, 6.07) is 1.50. The van der Waals surface area contributed by atoms with E-state index in [0.29, 0.717) is 19.6 Å². The number of amides is 2. The number of likely N-dealkylation sites (N-methyl/N-ethyl adjacent to an activating group) is 2. The highest BCUT2D eigenvalue weighted by Crippen LogP contribution is 2.41. The van der Waals surface area contributed by atoms with Gasteiger partial charge in [-0.3, -0.25) is 19.2 Å². The van der Waals surface area contributed by atoms with Crippen molar-refractivity contribution < 1.29 is 47.0 Å². The molecule has 0 radical (unpaired) electrons. The summed E-state index contributed by atoms with van der Waals surface area (Å²) in [7, 11) is 1.62. The molecule has 18 heteroatoms. The van der Waals surface area contributed by atoms with Crippen molar-refractivity contribution in [3.63, 3.8) is 0 Å². The predicted octanol–water partition coefficient (Wildman–Crippen LogP) is 3.57. The number of benzene rings is 2. The maximum atomic E-state index is 15.5. The van der Waals surface area contributed by atoms with Crippen LogP contribution in [0.1, 0.15) is 65.4 Å². The van der Waals surface area contributed by atoms with Gasteiger partial charge in [-0.2, -0.15) is 0 Å². The lowest BCUT2D eigenvalue weighted by Crippen LogP contribution is -2.50. The van der Waals surface area contributed by atoms with E-state index in [1.807, 2.05) is 6.92 Å². The van der Waals surface area contributed by atoms with Crippen molar-refractivity contribution in [2.24, 2.45) is 0 Å². The number of fused-ring (bicyclic) bond motifs is 2. The van der Waals surface area contributed by atoms with E-state index in [1.54, 1.807) is 11.9 Å². The molecule has 4 heterocycles. The Kier molecular flexibility index (Phi) is 9.54. The van der Waals surface area contributed by atoms with Crippen molar-refractivity contribution in [3.05, 3.63) is 79.4 Å². The highest BCUT2D eigenvalue weighted by atomic mass is 19.1. The quantitative estimate of drug-likeness (QED) is 0.266. The Balaban J connectivity index is 0.000000169. The minimum Gasteiger partial charge on any atom is -0.477 e. The van der Waals surface area contributed by atoms with Gasteiger partial charge in [0.15, 0.2) is 11.6 Å². The number of hydrogen-bond donors (Lipinski definition) is 2. The Morgan fingerprint density at radius 1 is 0.673 bits per heavy atom. The molecule has 2 saturated carbocycles. The predicted molar refractivity (Wildman–Crippen MR) is 191 cm³/mol. The Labute approximate surface area is 309 Å². The van der Waals surface area contributed by atoms with Gasteiger partial charge < -0.3 is 38.9 Å². The van der Waals surface area contributed by atoms with E-state index in [-0.39, 0.29) is 83.3 Å². The largest absolute Gasteiger partial charge is 0.477 e. The van der Waals surface area contributed by atoms with Crippen LogP contribution >= 0.6 is 0 Å². The molecule has 2 aliphatic carbocycles. The second kappa shape index (κ2) is 14.0. The summed E-state index contributed by atoms with van der Waals surface area (Å²) in [6.45, 7) is 3.21. The smallest absolute Gasteiger partial charge is 0.341 e. The number of carboxylic acids is 2. The maximum Gasteiger partial charge on any atom is 0.341 e. The second-order valence-electron chi connectivity index (χ2n) is 14.1. The van der Waals surface area contributed by atoms with Crippen LogP contribution in [0.25, 0.3) is 21.8 Å². The average Bonchev–Trinajstić information content (AvgIpc) is 4.06. The topological polar surface area (TPSA) is 166 Å². The summed E-state index contributed by atoms with van der Waals surface area (Å²) >= 11 is 0. The van der Waals surface area contributed by atoms with Crippen molar-refractivity contribution in [1.29, 1.82) is 0 Å². The molecule has 2 aliphatic heterocycles. The summed E-state index contributed by atoms with van der Waals surface area (Å²) < 4.78 is 63.3. The molecule has 0 spiro atoms. The SMILES string of the molecule is CCN1CCN(c2c(F)cc3c(=O)c(C(=O)O)cn(C4CC4)c3c2F)CC1=O.CN1CCN(c2c(F)cc3c(=O)c(C(=O)O)cn(C4CC4)c3c2F)CC1=O. The van der Waals surface area contributed by atoms with Gasteiger partial charge in [-0.1, -0.05) is 0 Å². The number of hydrogen-bond acceptors (Lipinski definition) is 8. The van der Waals surface area contributed by atoms with Crippen LogP contribution in [-0.4, -0.2) is 106 Å². The molecule has 2 saturated heterocycles. The summed E-state index contributed by atoms with van der Waals surface area (Å²) in [5, 5.41) is 17.9. The molecule has 4 fully saturated rings. The Morgan fingerprint density at radius 3 is 1.45 bits per heavy atom. The van der Waals surface area contributed by atoms with Gasteiger partial charge in [-0.15, -0.1) is 0 Å². The Bertz CT molecular complexity index is 2440. The van der Waals surface area contributed by atoms with Gasteiger partial charge in [0, 0.05) is 64.2 Å². The lowest BCUT2D eigenvalue weighted by Gasteiger charge is -2.35. The molecule has 14 nitrogen and oxygen atoms in total. The lowest BCUT2D eigenvalue weighted by molar-refractivity contribution is -0.131. The van der Waals surface area contributed by atoms with E-state index in [0.717, 1.165) is 50.2 Å². The van der Waals surface area contributed by atoms with Crippen molar-refractivity contribution in [2.75, 3.05) is 62.7 Å². The van der Waals surface area contributed by atoms with E-state index in [9.17, 15) is 47.8 Å². The number of anilines is 2. The highest BCUT2D eigenvalue weighted by molar-refractivity contribution is 5.96. The van der Waals surface area contributed by atoms with Gasteiger partial charge in [-0.25, -0.2) is 27.2 Å². The third kappa shape index (κ3) is 6.62. The zero-order valence-electron chi connectivity index (χ0n) is 29.8. The summed E-state index contributed by atoms with van der Waals surface area (Å²) in [6.07, 6.45) is 5.14. The van der Waals surface area contributed by atoms with Crippen LogP contribution in [-0.2, 0) is 9.59 Å². The first-order chi connectivity index (χ1) is 26.1. The zero-order chi connectivity index (χ0) is 39.6. The van der Waals surface area contributed by atoms with E-state index >= 15 is 8.78 Å². The minimum absolute atomic E-state index is 0.112. The number of nitrogens with zero attached hydrogens (tertiary/aromatic N) is 6. The van der Waals surface area contributed by atoms with E-state index in [1.165, 1.54) is 23.8 Å². The molecule has 0 atom stereocenters. The first-order valence-electron chi connectivity index (χ1n) is 17.7. The monoisotopic (exact) mass is 768 g/mol. The zero-order valence-corrected chi connectivity index (χ0v) is 29.8. The number of rotatable bonds is 7. The van der Waals surface area contributed by atoms with Crippen LogP contribution < -0.4 is 20.7 Å². The molecule has 290 valence electrons. The molecule has 4 aromatic rings. The second-order valence-corrected chi connectivity index (χ2v) is 14.1. The number of piperazine rings is 2. The van der Waals surface area contributed by atoms with Gasteiger partial charge in [0.05, 0.1) is 34.9 Å². The van der Waals surface area contributed by atoms with Crippen LogP contribution in [0, 0.1) is 23.3 Å². The van der Waals surface area contributed by atoms with E-state index in [4.69, 9.17) is 0 Å². The molecule has 2 aromatic carbocycles.